The second kappa shape index (κ2) is 49.8. The Morgan fingerprint density at radius 1 is 0.333 bits per heavy atom. The summed E-state index contributed by atoms with van der Waals surface area (Å²) in [5, 5.41) is 0. The van der Waals surface area contributed by atoms with E-state index in [2.05, 4.69) is 34.6 Å². The average molecular weight is 892 g/mol. The first kappa shape index (κ1) is 61.4. The van der Waals surface area contributed by atoms with Crippen LogP contribution in [0.25, 0.3) is 0 Å². The minimum Gasteiger partial charge on any atom is -0.462 e. The molecule has 1 unspecified atom stereocenters. The van der Waals surface area contributed by atoms with E-state index in [-0.39, 0.29) is 31.1 Å². The Morgan fingerprint density at radius 3 is 0.905 bits per heavy atom. The van der Waals surface area contributed by atoms with Gasteiger partial charge in [0.15, 0.2) is 6.10 Å². The molecule has 0 aliphatic heterocycles. The summed E-state index contributed by atoms with van der Waals surface area (Å²) in [4.78, 5) is 38.1. The molecule has 0 aromatic rings. The van der Waals surface area contributed by atoms with E-state index in [4.69, 9.17) is 14.2 Å². The van der Waals surface area contributed by atoms with Gasteiger partial charge in [0.1, 0.15) is 13.2 Å². The summed E-state index contributed by atoms with van der Waals surface area (Å²) in [6.07, 6.45) is 52.2. The smallest absolute Gasteiger partial charge is 0.306 e. The maximum absolute atomic E-state index is 12.8. The molecule has 0 aliphatic rings. The van der Waals surface area contributed by atoms with Crippen LogP contribution in [0.3, 0.4) is 0 Å². The second-order valence-corrected chi connectivity index (χ2v) is 20.3. The van der Waals surface area contributed by atoms with Gasteiger partial charge in [-0.2, -0.15) is 0 Å². The van der Waals surface area contributed by atoms with Crippen LogP contribution in [0.4, 0.5) is 0 Å². The molecule has 63 heavy (non-hydrogen) atoms. The predicted octanol–water partition coefficient (Wildman–Crippen LogP) is 18.5. The van der Waals surface area contributed by atoms with Gasteiger partial charge in [0.25, 0.3) is 0 Å². The highest BCUT2D eigenvalue weighted by atomic mass is 16.6. The van der Waals surface area contributed by atoms with E-state index in [9.17, 15) is 14.4 Å². The lowest BCUT2D eigenvalue weighted by Gasteiger charge is -2.18. The number of ether oxygens (including phenoxy) is 3. The molecule has 0 amide bonds. The molecule has 2 atom stereocenters. The third kappa shape index (κ3) is 49.7. The standard InChI is InChI=1S/C57H110O6/c1-6-8-9-10-11-12-20-27-32-37-42-47-55(58)61-50-54(63-57(60)49-44-39-34-29-24-19-15-16-21-25-30-35-40-45-52(3)4)51-62-56(59)48-43-38-33-28-23-18-14-13-17-22-26-31-36-41-46-53(5)7-2/h52-54H,6-51H2,1-5H3/t53?,54-/m1/s1. The highest BCUT2D eigenvalue weighted by Crippen LogP contribution is 2.18. The SMILES string of the molecule is CCCCCCCCCCCCCC(=O)OC[C@H](COC(=O)CCCCCCCCCCCCCCCCC(C)CC)OC(=O)CCCCCCCCCCCCCCCC(C)C. The van der Waals surface area contributed by atoms with Crippen molar-refractivity contribution in [3.05, 3.63) is 0 Å². The van der Waals surface area contributed by atoms with Gasteiger partial charge < -0.3 is 14.2 Å². The van der Waals surface area contributed by atoms with Crippen molar-refractivity contribution in [2.75, 3.05) is 13.2 Å². The Kier molecular flexibility index (Phi) is 48.6. The summed E-state index contributed by atoms with van der Waals surface area (Å²) in [5.41, 5.74) is 0. The molecule has 0 spiro atoms. The van der Waals surface area contributed by atoms with Crippen LogP contribution in [0.2, 0.25) is 0 Å². The minimum absolute atomic E-state index is 0.0628. The Labute approximate surface area is 393 Å². The first-order chi connectivity index (χ1) is 30.8. The molecule has 0 saturated heterocycles. The van der Waals surface area contributed by atoms with Crippen LogP contribution in [-0.2, 0) is 28.6 Å². The molecular weight excluding hydrogens is 781 g/mol. The number of rotatable bonds is 51. The fourth-order valence-electron chi connectivity index (χ4n) is 8.66. The topological polar surface area (TPSA) is 78.9 Å². The summed E-state index contributed by atoms with van der Waals surface area (Å²) in [6.45, 7) is 11.4. The van der Waals surface area contributed by atoms with Crippen molar-refractivity contribution < 1.29 is 28.6 Å². The lowest BCUT2D eigenvalue weighted by molar-refractivity contribution is -0.167. The second-order valence-electron chi connectivity index (χ2n) is 20.3. The highest BCUT2D eigenvalue weighted by Gasteiger charge is 2.19. The van der Waals surface area contributed by atoms with Crippen LogP contribution in [0.1, 0.15) is 317 Å². The first-order valence-corrected chi connectivity index (χ1v) is 28.3. The molecule has 0 radical (unpaired) electrons. The predicted molar refractivity (Wildman–Crippen MR) is 270 cm³/mol. The number of esters is 3. The minimum atomic E-state index is -0.762. The molecule has 0 fully saturated rings. The summed E-state index contributed by atoms with van der Waals surface area (Å²) in [6, 6.07) is 0. The van der Waals surface area contributed by atoms with E-state index in [0.717, 1.165) is 69.6 Å². The molecule has 0 saturated carbocycles. The normalized spacial score (nSPS) is 12.5. The lowest BCUT2D eigenvalue weighted by Crippen LogP contribution is -2.30. The zero-order chi connectivity index (χ0) is 46.1. The fraction of sp³-hybridized carbons (Fsp3) is 0.947. The van der Waals surface area contributed by atoms with E-state index in [1.165, 1.54) is 205 Å². The molecule has 0 aromatic carbocycles. The molecule has 0 heterocycles. The Hall–Kier alpha value is -1.59. The van der Waals surface area contributed by atoms with E-state index in [0.29, 0.717) is 19.3 Å². The van der Waals surface area contributed by atoms with Crippen molar-refractivity contribution in [2.24, 2.45) is 11.8 Å². The van der Waals surface area contributed by atoms with Crippen LogP contribution in [-0.4, -0.2) is 37.2 Å². The number of carbonyl (C=O) groups is 3. The lowest BCUT2D eigenvalue weighted by atomic mass is 9.99. The Bertz CT molecular complexity index is 964. The molecule has 374 valence electrons. The molecule has 0 aromatic heterocycles. The van der Waals surface area contributed by atoms with Crippen molar-refractivity contribution in [3.8, 4) is 0 Å². The van der Waals surface area contributed by atoms with E-state index in [1.807, 2.05) is 0 Å². The average Bonchev–Trinajstić information content (AvgIpc) is 3.27. The zero-order valence-corrected chi connectivity index (χ0v) is 43.2. The van der Waals surface area contributed by atoms with Gasteiger partial charge in [0.2, 0.25) is 0 Å². The van der Waals surface area contributed by atoms with Gasteiger partial charge in [-0.25, -0.2) is 0 Å². The number of carbonyl (C=O) groups excluding carboxylic acids is 3. The van der Waals surface area contributed by atoms with Crippen molar-refractivity contribution in [1.82, 2.24) is 0 Å². The third-order valence-corrected chi connectivity index (χ3v) is 13.3. The molecule has 6 heteroatoms. The summed E-state index contributed by atoms with van der Waals surface area (Å²) in [5.74, 6) is 0.892. The van der Waals surface area contributed by atoms with Crippen LogP contribution in [0.15, 0.2) is 0 Å². The Morgan fingerprint density at radius 2 is 0.603 bits per heavy atom. The van der Waals surface area contributed by atoms with Gasteiger partial charge >= 0.3 is 17.9 Å². The van der Waals surface area contributed by atoms with Gasteiger partial charge in [-0.05, 0) is 31.1 Å². The van der Waals surface area contributed by atoms with Crippen LogP contribution >= 0.6 is 0 Å². The van der Waals surface area contributed by atoms with Gasteiger partial charge in [-0.3, -0.25) is 14.4 Å². The fourth-order valence-corrected chi connectivity index (χ4v) is 8.66. The summed E-state index contributed by atoms with van der Waals surface area (Å²) >= 11 is 0. The van der Waals surface area contributed by atoms with Crippen LogP contribution in [0.5, 0.6) is 0 Å². The largest absolute Gasteiger partial charge is 0.462 e. The first-order valence-electron chi connectivity index (χ1n) is 28.3. The van der Waals surface area contributed by atoms with Gasteiger partial charge in [-0.15, -0.1) is 0 Å². The van der Waals surface area contributed by atoms with E-state index >= 15 is 0 Å². The Balaban J connectivity index is 4.27. The van der Waals surface area contributed by atoms with E-state index in [1.54, 1.807) is 0 Å². The number of hydrogen-bond donors (Lipinski definition) is 0. The monoisotopic (exact) mass is 891 g/mol. The van der Waals surface area contributed by atoms with E-state index < -0.39 is 6.10 Å². The van der Waals surface area contributed by atoms with Crippen molar-refractivity contribution in [2.45, 2.75) is 323 Å². The maximum atomic E-state index is 12.8. The van der Waals surface area contributed by atoms with Crippen molar-refractivity contribution >= 4 is 17.9 Å². The van der Waals surface area contributed by atoms with Crippen LogP contribution in [0, 0.1) is 11.8 Å². The summed E-state index contributed by atoms with van der Waals surface area (Å²) in [7, 11) is 0. The summed E-state index contributed by atoms with van der Waals surface area (Å²) < 4.78 is 16.9. The molecular formula is C57H110O6. The van der Waals surface area contributed by atoms with Gasteiger partial charge in [-0.1, -0.05) is 279 Å². The number of hydrogen-bond acceptors (Lipinski definition) is 6. The molecule has 0 aliphatic carbocycles. The van der Waals surface area contributed by atoms with Gasteiger partial charge in [0, 0.05) is 19.3 Å². The molecule has 0 rings (SSSR count). The van der Waals surface area contributed by atoms with Gasteiger partial charge in [0.05, 0.1) is 0 Å². The molecule has 0 bridgehead atoms. The third-order valence-electron chi connectivity index (χ3n) is 13.3. The number of unbranched alkanes of at least 4 members (excludes halogenated alkanes) is 35. The molecule has 0 N–H and O–H groups in total. The zero-order valence-electron chi connectivity index (χ0n) is 43.2. The highest BCUT2D eigenvalue weighted by molar-refractivity contribution is 5.71. The molecule has 6 nitrogen and oxygen atoms in total. The van der Waals surface area contributed by atoms with Crippen molar-refractivity contribution in [1.29, 1.82) is 0 Å². The van der Waals surface area contributed by atoms with Crippen LogP contribution < -0.4 is 0 Å². The van der Waals surface area contributed by atoms with Crippen molar-refractivity contribution in [3.63, 3.8) is 0 Å². The quantitative estimate of drug-likeness (QED) is 0.0344. The maximum Gasteiger partial charge on any atom is 0.306 e.